The van der Waals surface area contributed by atoms with Gasteiger partial charge in [-0.3, -0.25) is 4.79 Å². The van der Waals surface area contributed by atoms with E-state index in [1.54, 1.807) is 6.07 Å². The molecule has 20 heavy (non-hydrogen) atoms. The number of imidazole rings is 1. The molecule has 0 amide bonds. The van der Waals surface area contributed by atoms with Crippen molar-refractivity contribution < 1.29 is 14.3 Å². The third-order valence-electron chi connectivity index (χ3n) is 3.00. The van der Waals surface area contributed by atoms with Gasteiger partial charge in [-0.15, -0.1) is 0 Å². The highest BCUT2D eigenvalue weighted by atomic mass is 79.9. The molecule has 0 bridgehead atoms. The van der Waals surface area contributed by atoms with Crippen molar-refractivity contribution in [1.29, 1.82) is 0 Å². The first-order valence-corrected chi connectivity index (χ1v) is 6.87. The second-order valence-electron chi connectivity index (χ2n) is 4.32. The lowest BCUT2D eigenvalue weighted by Crippen LogP contribution is -2.05. The molecule has 5 nitrogen and oxygen atoms in total. The molecule has 0 unspecified atom stereocenters. The zero-order chi connectivity index (χ0) is 14.1. The normalized spacial score (nSPS) is 11.1. The molecular formula is C14H11BrN2O3. The Morgan fingerprint density at radius 3 is 2.80 bits per heavy atom. The lowest BCUT2D eigenvalue weighted by Gasteiger charge is -2.05. The number of hydrogen-bond acceptors (Lipinski definition) is 3. The van der Waals surface area contributed by atoms with Crippen LogP contribution in [-0.2, 0) is 11.3 Å². The van der Waals surface area contributed by atoms with Gasteiger partial charge in [-0.05, 0) is 40.2 Å². The van der Waals surface area contributed by atoms with E-state index in [0.29, 0.717) is 22.8 Å². The minimum atomic E-state index is -0.839. The number of hydrogen-bond donors (Lipinski definition) is 1. The Kier molecular flexibility index (Phi) is 3.31. The Labute approximate surface area is 123 Å². The molecule has 0 saturated heterocycles. The lowest BCUT2D eigenvalue weighted by molar-refractivity contribution is -0.137. The van der Waals surface area contributed by atoms with Crippen LogP contribution in [-0.4, -0.2) is 20.6 Å². The fraction of sp³-hybridized carbons (Fsp3) is 0.143. The molecule has 0 radical (unpaired) electrons. The predicted molar refractivity (Wildman–Crippen MR) is 77.4 cm³/mol. The number of carboxylic acids is 1. The van der Waals surface area contributed by atoms with E-state index in [-0.39, 0.29) is 6.42 Å². The van der Waals surface area contributed by atoms with E-state index in [2.05, 4.69) is 20.9 Å². The summed E-state index contributed by atoms with van der Waals surface area (Å²) in [5.74, 6) is 0.408. The number of nitrogens with zero attached hydrogens (tertiary/aromatic N) is 2. The summed E-state index contributed by atoms with van der Waals surface area (Å²) in [6.07, 6.45) is 0.0369. The van der Waals surface area contributed by atoms with Crippen molar-refractivity contribution in [2.45, 2.75) is 13.0 Å². The summed E-state index contributed by atoms with van der Waals surface area (Å²) in [6.45, 7) is 0.351. The van der Waals surface area contributed by atoms with Gasteiger partial charge in [-0.2, -0.15) is 0 Å². The molecule has 2 heterocycles. The Bertz CT molecular complexity index is 776. The maximum Gasteiger partial charge on any atom is 0.305 e. The van der Waals surface area contributed by atoms with Gasteiger partial charge in [-0.25, -0.2) is 4.98 Å². The topological polar surface area (TPSA) is 68.3 Å². The van der Waals surface area contributed by atoms with E-state index in [4.69, 9.17) is 9.52 Å². The standard InChI is InChI=1S/C14H11BrN2O3/c15-12-6-5-11(20-12)14-16-9-3-1-2-4-10(9)17(14)8-7-13(18)19/h1-6H,7-8H2,(H,18,19). The number of aromatic nitrogens is 2. The summed E-state index contributed by atoms with van der Waals surface area (Å²) in [5.41, 5.74) is 1.72. The van der Waals surface area contributed by atoms with E-state index < -0.39 is 5.97 Å². The van der Waals surface area contributed by atoms with Crippen LogP contribution in [0.2, 0.25) is 0 Å². The van der Waals surface area contributed by atoms with Crippen LogP contribution in [0, 0.1) is 0 Å². The van der Waals surface area contributed by atoms with Crippen LogP contribution < -0.4 is 0 Å². The molecular weight excluding hydrogens is 324 g/mol. The summed E-state index contributed by atoms with van der Waals surface area (Å²) in [5, 5.41) is 8.89. The van der Waals surface area contributed by atoms with Gasteiger partial charge in [0.05, 0.1) is 17.5 Å². The van der Waals surface area contributed by atoms with Gasteiger partial charge in [-0.1, -0.05) is 12.1 Å². The number of halogens is 1. The fourth-order valence-electron chi connectivity index (χ4n) is 2.13. The van der Waals surface area contributed by atoms with Crippen molar-refractivity contribution in [1.82, 2.24) is 9.55 Å². The third-order valence-corrected chi connectivity index (χ3v) is 3.42. The summed E-state index contributed by atoms with van der Waals surface area (Å²) in [4.78, 5) is 15.3. The van der Waals surface area contributed by atoms with Crippen molar-refractivity contribution in [2.75, 3.05) is 0 Å². The van der Waals surface area contributed by atoms with E-state index >= 15 is 0 Å². The van der Waals surface area contributed by atoms with Crippen molar-refractivity contribution in [3.05, 3.63) is 41.1 Å². The SMILES string of the molecule is O=C(O)CCn1c(-c2ccc(Br)o2)nc2ccccc21. The van der Waals surface area contributed by atoms with E-state index in [0.717, 1.165) is 11.0 Å². The minimum Gasteiger partial charge on any atom is -0.481 e. The highest BCUT2D eigenvalue weighted by Crippen LogP contribution is 2.28. The Morgan fingerprint density at radius 1 is 1.30 bits per heavy atom. The number of rotatable bonds is 4. The molecule has 102 valence electrons. The van der Waals surface area contributed by atoms with Crippen LogP contribution >= 0.6 is 15.9 Å². The molecule has 1 aromatic carbocycles. The van der Waals surface area contributed by atoms with Gasteiger partial charge in [0.15, 0.2) is 16.3 Å². The number of fused-ring (bicyclic) bond motifs is 1. The van der Waals surface area contributed by atoms with E-state index in [9.17, 15) is 4.79 Å². The van der Waals surface area contributed by atoms with Crippen LogP contribution in [0.15, 0.2) is 45.5 Å². The highest BCUT2D eigenvalue weighted by Gasteiger charge is 2.15. The van der Waals surface area contributed by atoms with Crippen molar-refractivity contribution in [2.24, 2.45) is 0 Å². The first-order chi connectivity index (χ1) is 9.65. The lowest BCUT2D eigenvalue weighted by atomic mass is 10.3. The number of carbonyl (C=O) groups is 1. The molecule has 0 atom stereocenters. The van der Waals surface area contributed by atoms with Gasteiger partial charge in [0, 0.05) is 6.54 Å². The molecule has 0 aliphatic rings. The zero-order valence-corrected chi connectivity index (χ0v) is 12.0. The number of para-hydroxylation sites is 2. The molecule has 1 N–H and O–H groups in total. The van der Waals surface area contributed by atoms with Gasteiger partial charge in [0.25, 0.3) is 0 Å². The van der Waals surface area contributed by atoms with Crippen LogP contribution in [0.25, 0.3) is 22.6 Å². The van der Waals surface area contributed by atoms with Gasteiger partial charge in [0.2, 0.25) is 0 Å². The first kappa shape index (κ1) is 12.9. The zero-order valence-electron chi connectivity index (χ0n) is 10.4. The summed E-state index contributed by atoms with van der Waals surface area (Å²) in [7, 11) is 0. The second-order valence-corrected chi connectivity index (χ2v) is 5.10. The molecule has 0 fully saturated rings. The summed E-state index contributed by atoms with van der Waals surface area (Å²) in [6, 6.07) is 11.2. The summed E-state index contributed by atoms with van der Waals surface area (Å²) >= 11 is 3.26. The average molecular weight is 335 g/mol. The maximum absolute atomic E-state index is 10.8. The smallest absolute Gasteiger partial charge is 0.305 e. The predicted octanol–water partition coefficient (Wildman–Crippen LogP) is 3.53. The number of furan rings is 1. The highest BCUT2D eigenvalue weighted by molar-refractivity contribution is 9.10. The van der Waals surface area contributed by atoms with Crippen LogP contribution in [0.5, 0.6) is 0 Å². The van der Waals surface area contributed by atoms with Crippen LogP contribution in [0.1, 0.15) is 6.42 Å². The molecule has 0 spiro atoms. The van der Waals surface area contributed by atoms with Gasteiger partial charge < -0.3 is 14.1 Å². The third kappa shape index (κ3) is 2.34. The van der Waals surface area contributed by atoms with Crippen LogP contribution in [0.4, 0.5) is 0 Å². The summed E-state index contributed by atoms with van der Waals surface area (Å²) < 4.78 is 8.02. The monoisotopic (exact) mass is 334 g/mol. The molecule has 3 aromatic rings. The van der Waals surface area contributed by atoms with Crippen molar-refractivity contribution >= 4 is 32.9 Å². The second kappa shape index (κ2) is 5.13. The first-order valence-electron chi connectivity index (χ1n) is 6.08. The Morgan fingerprint density at radius 2 is 2.10 bits per heavy atom. The average Bonchev–Trinajstić information content (AvgIpc) is 2.99. The van der Waals surface area contributed by atoms with Crippen molar-refractivity contribution in [3.8, 4) is 11.6 Å². The molecule has 0 aliphatic heterocycles. The molecule has 3 rings (SSSR count). The molecule has 6 heteroatoms. The van der Waals surface area contributed by atoms with E-state index in [1.165, 1.54) is 0 Å². The largest absolute Gasteiger partial charge is 0.481 e. The maximum atomic E-state index is 10.8. The molecule has 2 aromatic heterocycles. The Hall–Kier alpha value is -2.08. The number of benzene rings is 1. The Balaban J connectivity index is 2.14. The van der Waals surface area contributed by atoms with Crippen molar-refractivity contribution in [3.63, 3.8) is 0 Å². The quantitative estimate of drug-likeness (QED) is 0.792. The molecule has 0 saturated carbocycles. The van der Waals surface area contributed by atoms with Gasteiger partial charge >= 0.3 is 5.97 Å². The number of carboxylic acid groups (broad SMARTS) is 1. The fourth-order valence-corrected chi connectivity index (χ4v) is 2.44. The number of aryl methyl sites for hydroxylation is 1. The van der Waals surface area contributed by atoms with Gasteiger partial charge in [0.1, 0.15) is 0 Å². The minimum absolute atomic E-state index is 0.0369. The molecule has 0 aliphatic carbocycles. The van der Waals surface area contributed by atoms with E-state index in [1.807, 2.05) is 34.9 Å². The van der Waals surface area contributed by atoms with Crippen LogP contribution in [0.3, 0.4) is 0 Å². The number of aliphatic carboxylic acids is 1.